The molecule has 0 atom stereocenters. The fourth-order valence-corrected chi connectivity index (χ4v) is 1.83. The highest BCUT2D eigenvalue weighted by Crippen LogP contribution is 2.32. The van der Waals surface area contributed by atoms with Crippen LogP contribution in [0.4, 0.5) is 14.6 Å². The second-order valence-corrected chi connectivity index (χ2v) is 3.81. The number of pyridine rings is 1. The zero-order valence-electron chi connectivity index (χ0n) is 9.87. The molecule has 7 heteroatoms. The van der Waals surface area contributed by atoms with Crippen LogP contribution in [-0.2, 0) is 0 Å². The highest BCUT2D eigenvalue weighted by molar-refractivity contribution is 5.80. The summed E-state index contributed by atoms with van der Waals surface area (Å²) in [5, 5.41) is 18.0. The molecule has 2 aromatic rings. The molecule has 2 rings (SSSR count). The predicted molar refractivity (Wildman–Crippen MR) is 66.3 cm³/mol. The second kappa shape index (κ2) is 4.82. The fraction of sp³-hybridized carbons (Fsp3) is 0. The molecule has 0 radical (unpaired) electrons. The van der Waals surface area contributed by atoms with E-state index >= 15 is 0 Å². The molecule has 1 aromatic carbocycles. The van der Waals surface area contributed by atoms with Crippen molar-refractivity contribution in [3.05, 3.63) is 51.3 Å². The number of aromatic amines is 1. The third kappa shape index (κ3) is 1.88. The van der Waals surface area contributed by atoms with Gasteiger partial charge in [0.05, 0.1) is 5.56 Å². The molecular weight excluding hydrogens is 266 g/mol. The molecule has 0 spiro atoms. The average molecular weight is 272 g/mol. The van der Waals surface area contributed by atoms with Gasteiger partial charge < -0.3 is 10.7 Å². The van der Waals surface area contributed by atoms with Crippen molar-refractivity contribution in [1.82, 2.24) is 4.98 Å². The van der Waals surface area contributed by atoms with Crippen LogP contribution < -0.4 is 11.3 Å². The first-order chi connectivity index (χ1) is 9.51. The number of nitrogens with one attached hydrogen (secondary N) is 1. The molecule has 0 amide bonds. The Kier molecular flexibility index (Phi) is 3.20. The number of hydrogen-bond acceptors (Lipinski definition) is 4. The van der Waals surface area contributed by atoms with Gasteiger partial charge in [0.1, 0.15) is 40.7 Å². The first-order valence-corrected chi connectivity index (χ1v) is 5.31. The molecule has 0 fully saturated rings. The summed E-state index contributed by atoms with van der Waals surface area (Å²) in [7, 11) is 0. The van der Waals surface area contributed by atoms with Crippen molar-refractivity contribution < 1.29 is 8.78 Å². The lowest BCUT2D eigenvalue weighted by atomic mass is 9.96. The van der Waals surface area contributed by atoms with E-state index in [2.05, 4.69) is 4.98 Å². The van der Waals surface area contributed by atoms with Crippen LogP contribution in [0, 0.1) is 34.3 Å². The van der Waals surface area contributed by atoms with Crippen LogP contribution in [0.15, 0.2) is 23.0 Å². The van der Waals surface area contributed by atoms with Crippen LogP contribution in [0.5, 0.6) is 0 Å². The van der Waals surface area contributed by atoms with Crippen LogP contribution in [0.1, 0.15) is 11.1 Å². The van der Waals surface area contributed by atoms with Gasteiger partial charge in [-0.15, -0.1) is 0 Å². The minimum atomic E-state index is -0.997. The Bertz CT molecular complexity index is 823. The molecule has 0 aliphatic heterocycles. The van der Waals surface area contributed by atoms with Crippen LogP contribution in [0.2, 0.25) is 0 Å². The van der Waals surface area contributed by atoms with Crippen LogP contribution in [0.25, 0.3) is 11.1 Å². The van der Waals surface area contributed by atoms with Crippen molar-refractivity contribution >= 4 is 5.82 Å². The standard InChI is InChI=1S/C13H6F2N4O/c14-8-2-1-3-9(15)11(8)10-6(4-16)12(18)19-13(20)7(10)5-17/h1-3H,(H3,18,19,20). The Morgan fingerprint density at radius 2 is 1.60 bits per heavy atom. The largest absolute Gasteiger partial charge is 0.384 e. The number of nitrogens with two attached hydrogens (primary N) is 1. The molecule has 1 heterocycles. The van der Waals surface area contributed by atoms with Gasteiger partial charge in [-0.1, -0.05) is 6.07 Å². The third-order valence-electron chi connectivity index (χ3n) is 2.68. The smallest absolute Gasteiger partial charge is 0.268 e. The number of nitrogens with zero attached hydrogens (tertiary/aromatic N) is 2. The normalized spacial score (nSPS) is 9.80. The fourth-order valence-electron chi connectivity index (χ4n) is 1.83. The van der Waals surface area contributed by atoms with Crippen LogP contribution in [-0.4, -0.2) is 4.98 Å². The zero-order valence-corrected chi connectivity index (χ0v) is 9.87. The Hall–Kier alpha value is -3.19. The molecule has 0 aliphatic rings. The summed E-state index contributed by atoms with van der Waals surface area (Å²) in [6.07, 6.45) is 0. The Morgan fingerprint density at radius 3 is 2.10 bits per heavy atom. The van der Waals surface area contributed by atoms with Gasteiger partial charge >= 0.3 is 0 Å². The van der Waals surface area contributed by atoms with Crippen molar-refractivity contribution in [2.45, 2.75) is 0 Å². The molecular formula is C13H6F2N4O. The van der Waals surface area contributed by atoms with E-state index in [0.717, 1.165) is 18.2 Å². The molecule has 98 valence electrons. The lowest BCUT2D eigenvalue weighted by Gasteiger charge is -2.10. The Balaban J connectivity index is 3.05. The summed E-state index contributed by atoms with van der Waals surface area (Å²) < 4.78 is 27.6. The number of H-pyrrole nitrogens is 1. The van der Waals surface area contributed by atoms with E-state index in [9.17, 15) is 13.6 Å². The van der Waals surface area contributed by atoms with E-state index in [0.29, 0.717) is 0 Å². The third-order valence-corrected chi connectivity index (χ3v) is 2.68. The SMILES string of the molecule is N#Cc1c(N)[nH]c(=O)c(C#N)c1-c1c(F)cccc1F. The molecule has 0 unspecified atom stereocenters. The van der Waals surface area contributed by atoms with Gasteiger partial charge in [0.15, 0.2) is 0 Å². The van der Waals surface area contributed by atoms with Gasteiger partial charge in [-0.2, -0.15) is 10.5 Å². The number of nitriles is 2. The maximum atomic E-state index is 13.8. The number of rotatable bonds is 1. The summed E-state index contributed by atoms with van der Waals surface area (Å²) in [5.74, 6) is -2.35. The lowest BCUT2D eigenvalue weighted by molar-refractivity contribution is 0.589. The van der Waals surface area contributed by atoms with E-state index in [4.69, 9.17) is 16.3 Å². The van der Waals surface area contributed by atoms with Gasteiger partial charge in [-0.3, -0.25) is 4.79 Å². The number of halogens is 2. The summed E-state index contributed by atoms with van der Waals surface area (Å²) in [6.45, 7) is 0. The molecule has 0 bridgehead atoms. The summed E-state index contributed by atoms with van der Waals surface area (Å²) in [6, 6.07) is 6.21. The van der Waals surface area contributed by atoms with Gasteiger partial charge in [-0.05, 0) is 12.1 Å². The van der Waals surface area contributed by atoms with Gasteiger partial charge in [0, 0.05) is 5.56 Å². The Morgan fingerprint density at radius 1 is 1.05 bits per heavy atom. The van der Waals surface area contributed by atoms with Gasteiger partial charge in [0.25, 0.3) is 5.56 Å². The van der Waals surface area contributed by atoms with Crippen LogP contribution in [0.3, 0.4) is 0 Å². The van der Waals surface area contributed by atoms with Crippen molar-refractivity contribution in [3.63, 3.8) is 0 Å². The van der Waals surface area contributed by atoms with Crippen LogP contribution >= 0.6 is 0 Å². The number of anilines is 1. The van der Waals surface area contributed by atoms with E-state index < -0.39 is 33.9 Å². The van der Waals surface area contributed by atoms with E-state index in [1.54, 1.807) is 6.07 Å². The van der Waals surface area contributed by atoms with Crippen molar-refractivity contribution in [3.8, 4) is 23.3 Å². The highest BCUT2D eigenvalue weighted by Gasteiger charge is 2.23. The van der Waals surface area contributed by atoms with E-state index in [1.807, 2.05) is 0 Å². The minimum Gasteiger partial charge on any atom is -0.384 e. The maximum Gasteiger partial charge on any atom is 0.268 e. The zero-order chi connectivity index (χ0) is 14.9. The molecule has 3 N–H and O–H groups in total. The van der Waals surface area contributed by atoms with Gasteiger partial charge in [-0.25, -0.2) is 8.78 Å². The number of benzene rings is 1. The molecule has 20 heavy (non-hydrogen) atoms. The Labute approximate surface area is 111 Å². The van der Waals surface area contributed by atoms with Crippen molar-refractivity contribution in [2.24, 2.45) is 0 Å². The predicted octanol–water partition coefficient (Wildman–Crippen LogP) is 1.65. The molecule has 0 saturated carbocycles. The maximum absolute atomic E-state index is 13.8. The average Bonchev–Trinajstić information content (AvgIpc) is 2.38. The number of aromatic nitrogens is 1. The number of nitrogen functional groups attached to an aromatic ring is 1. The first kappa shape index (κ1) is 13.2. The quantitative estimate of drug-likeness (QED) is 0.822. The highest BCUT2D eigenvalue weighted by atomic mass is 19.1. The first-order valence-electron chi connectivity index (χ1n) is 5.31. The van der Waals surface area contributed by atoms with E-state index in [-0.39, 0.29) is 11.4 Å². The molecule has 0 aliphatic carbocycles. The molecule has 0 saturated heterocycles. The lowest BCUT2D eigenvalue weighted by Crippen LogP contribution is -2.17. The van der Waals surface area contributed by atoms with E-state index in [1.165, 1.54) is 6.07 Å². The van der Waals surface area contributed by atoms with Crippen molar-refractivity contribution in [2.75, 3.05) is 5.73 Å². The summed E-state index contributed by atoms with van der Waals surface area (Å²) in [4.78, 5) is 13.7. The second-order valence-electron chi connectivity index (χ2n) is 3.81. The topological polar surface area (TPSA) is 106 Å². The van der Waals surface area contributed by atoms with Gasteiger partial charge in [0.2, 0.25) is 0 Å². The van der Waals surface area contributed by atoms with Crippen molar-refractivity contribution in [1.29, 1.82) is 10.5 Å². The molecule has 1 aromatic heterocycles. The summed E-state index contributed by atoms with van der Waals surface area (Å²) >= 11 is 0. The molecule has 5 nitrogen and oxygen atoms in total. The number of hydrogen-bond donors (Lipinski definition) is 2. The minimum absolute atomic E-state index is 0.353. The summed E-state index contributed by atoms with van der Waals surface area (Å²) in [5.41, 5.74) is 2.56. The monoisotopic (exact) mass is 272 g/mol.